The van der Waals surface area contributed by atoms with E-state index in [1.165, 1.54) is 0 Å². The van der Waals surface area contributed by atoms with Gasteiger partial charge in [-0.2, -0.15) is 0 Å². The first-order valence-corrected chi connectivity index (χ1v) is 11.6. The first-order chi connectivity index (χ1) is 16.3. The highest BCUT2D eigenvalue weighted by Gasteiger charge is 2.41. The molecule has 2 aliphatic rings. The number of ether oxygens (including phenoxy) is 1. The second kappa shape index (κ2) is 9.85. The topological polar surface area (TPSA) is 116 Å². The van der Waals surface area contributed by atoms with Gasteiger partial charge in [-0.1, -0.05) is 62.4 Å². The summed E-state index contributed by atoms with van der Waals surface area (Å²) in [6, 6.07) is 14.0. The van der Waals surface area contributed by atoms with Gasteiger partial charge in [0.25, 0.3) is 0 Å². The van der Waals surface area contributed by atoms with Gasteiger partial charge in [0.2, 0.25) is 5.91 Å². The molecule has 0 aromatic heterocycles. The predicted octanol–water partition coefficient (Wildman–Crippen LogP) is 2.99. The van der Waals surface area contributed by atoms with Crippen LogP contribution < -0.4 is 5.32 Å². The lowest BCUT2D eigenvalue weighted by atomic mass is 9.98. The molecule has 180 valence electrons. The number of aliphatic hydroxyl groups excluding tert-OH is 1. The summed E-state index contributed by atoms with van der Waals surface area (Å²) in [5.41, 5.74) is 4.41. The molecule has 4 rings (SSSR count). The summed E-state index contributed by atoms with van der Waals surface area (Å²) in [5, 5.41) is 22.0. The van der Waals surface area contributed by atoms with Crippen LogP contribution in [0, 0.1) is 5.92 Å². The maximum Gasteiger partial charge on any atom is 0.407 e. The SMILES string of the molecule is CC(C)C[C@@H](NC(=O)OCC1c2ccccc2-c2ccccc21)C(=O)N1CC(O)C[C@H]1C(=O)O. The second-order valence-electron chi connectivity index (χ2n) is 9.39. The molecule has 0 spiro atoms. The summed E-state index contributed by atoms with van der Waals surface area (Å²) in [6.45, 7) is 3.86. The molecule has 8 nitrogen and oxygen atoms in total. The van der Waals surface area contributed by atoms with Gasteiger partial charge in [-0.25, -0.2) is 9.59 Å². The molecule has 34 heavy (non-hydrogen) atoms. The van der Waals surface area contributed by atoms with Gasteiger partial charge in [-0.3, -0.25) is 4.79 Å². The Morgan fingerprint density at radius 1 is 1.06 bits per heavy atom. The number of carbonyl (C=O) groups is 3. The minimum atomic E-state index is -1.17. The van der Waals surface area contributed by atoms with E-state index in [1.54, 1.807) is 0 Å². The molecule has 1 fully saturated rings. The van der Waals surface area contributed by atoms with Crippen molar-refractivity contribution in [3.63, 3.8) is 0 Å². The minimum absolute atomic E-state index is 0.0274. The van der Waals surface area contributed by atoms with Crippen LogP contribution in [0.15, 0.2) is 48.5 Å². The van der Waals surface area contributed by atoms with E-state index < -0.39 is 36.2 Å². The van der Waals surface area contributed by atoms with E-state index in [1.807, 2.05) is 50.2 Å². The van der Waals surface area contributed by atoms with Crippen molar-refractivity contribution >= 4 is 18.0 Å². The number of hydrogen-bond donors (Lipinski definition) is 3. The van der Waals surface area contributed by atoms with Crippen molar-refractivity contribution < 1.29 is 29.3 Å². The largest absolute Gasteiger partial charge is 0.480 e. The van der Waals surface area contributed by atoms with E-state index in [2.05, 4.69) is 17.4 Å². The second-order valence-corrected chi connectivity index (χ2v) is 9.39. The van der Waals surface area contributed by atoms with Crippen LogP contribution in [-0.4, -0.2) is 64.4 Å². The number of β-amino-alcohol motifs (C(OH)–C–C–N with tert-alkyl or cyclic N) is 1. The van der Waals surface area contributed by atoms with E-state index in [0.29, 0.717) is 6.42 Å². The van der Waals surface area contributed by atoms with E-state index in [-0.39, 0.29) is 31.4 Å². The molecule has 1 saturated heterocycles. The summed E-state index contributed by atoms with van der Waals surface area (Å²) in [7, 11) is 0. The van der Waals surface area contributed by atoms with Crippen molar-refractivity contribution in [3.05, 3.63) is 59.7 Å². The number of carbonyl (C=O) groups excluding carboxylic acids is 2. The fourth-order valence-electron chi connectivity index (χ4n) is 4.97. The lowest BCUT2D eigenvalue weighted by molar-refractivity contribution is -0.149. The zero-order chi connectivity index (χ0) is 24.4. The lowest BCUT2D eigenvalue weighted by Gasteiger charge is -2.28. The van der Waals surface area contributed by atoms with Crippen molar-refractivity contribution in [2.45, 2.75) is 50.8 Å². The number of likely N-dealkylation sites (tertiary alicyclic amines) is 1. The predicted molar refractivity (Wildman–Crippen MR) is 125 cm³/mol. The molecular weight excluding hydrogens is 436 g/mol. The van der Waals surface area contributed by atoms with E-state index >= 15 is 0 Å². The highest BCUT2D eigenvalue weighted by Crippen LogP contribution is 2.44. The summed E-state index contributed by atoms with van der Waals surface area (Å²) in [5.74, 6) is -1.73. The molecule has 2 aromatic carbocycles. The number of hydrogen-bond acceptors (Lipinski definition) is 5. The number of nitrogens with zero attached hydrogens (tertiary/aromatic N) is 1. The molecule has 1 unspecified atom stereocenters. The fraction of sp³-hybridized carbons (Fsp3) is 0.423. The molecule has 8 heteroatoms. The number of carboxylic acids is 1. The van der Waals surface area contributed by atoms with E-state index in [9.17, 15) is 24.6 Å². The number of nitrogens with one attached hydrogen (secondary N) is 1. The normalized spacial score (nSPS) is 20.1. The van der Waals surface area contributed by atoms with Crippen LogP contribution in [0.2, 0.25) is 0 Å². The Labute approximate surface area is 198 Å². The standard InChI is InChI=1S/C26H30N2O6/c1-15(2)11-22(24(30)28-13-16(29)12-23(28)25(31)32)27-26(33)34-14-21-19-9-5-3-7-17(19)18-8-4-6-10-20(18)21/h3-10,15-16,21-23,29H,11-14H2,1-2H3,(H,27,33)(H,31,32)/t16?,22-,23+/m1/s1. The van der Waals surface area contributed by atoms with Crippen LogP contribution in [0.5, 0.6) is 0 Å². The molecule has 3 N–H and O–H groups in total. The third kappa shape index (κ3) is 4.77. The van der Waals surface area contributed by atoms with Crippen LogP contribution in [-0.2, 0) is 14.3 Å². The Bertz CT molecular complexity index is 1040. The molecule has 0 saturated carbocycles. The number of carboxylic acid groups (broad SMARTS) is 1. The number of aliphatic carboxylic acids is 1. The Morgan fingerprint density at radius 3 is 2.21 bits per heavy atom. The quantitative estimate of drug-likeness (QED) is 0.578. The van der Waals surface area contributed by atoms with Gasteiger partial charge in [0.05, 0.1) is 6.10 Å². The lowest BCUT2D eigenvalue weighted by Crippen LogP contribution is -2.52. The van der Waals surface area contributed by atoms with Crippen molar-refractivity contribution in [3.8, 4) is 11.1 Å². The Hall–Kier alpha value is -3.39. The third-order valence-electron chi connectivity index (χ3n) is 6.49. The Balaban J connectivity index is 1.45. The first-order valence-electron chi connectivity index (χ1n) is 11.6. The monoisotopic (exact) mass is 466 g/mol. The number of fused-ring (bicyclic) bond motifs is 3. The molecule has 0 bridgehead atoms. The summed E-state index contributed by atoms with van der Waals surface area (Å²) < 4.78 is 5.57. The van der Waals surface area contributed by atoms with Gasteiger partial charge in [0.1, 0.15) is 18.7 Å². The van der Waals surface area contributed by atoms with Gasteiger partial charge in [-0.15, -0.1) is 0 Å². The highest BCUT2D eigenvalue weighted by atomic mass is 16.5. The highest BCUT2D eigenvalue weighted by molar-refractivity contribution is 5.90. The van der Waals surface area contributed by atoms with Crippen LogP contribution in [0.3, 0.4) is 0 Å². The van der Waals surface area contributed by atoms with Crippen molar-refractivity contribution in [1.82, 2.24) is 10.2 Å². The summed E-state index contributed by atoms with van der Waals surface area (Å²) in [6.07, 6.45) is -1.34. The van der Waals surface area contributed by atoms with Crippen molar-refractivity contribution in [2.24, 2.45) is 5.92 Å². The van der Waals surface area contributed by atoms with Crippen molar-refractivity contribution in [2.75, 3.05) is 13.2 Å². The number of aliphatic hydroxyl groups is 1. The molecule has 3 atom stereocenters. The van der Waals surface area contributed by atoms with Crippen LogP contribution in [0.4, 0.5) is 4.79 Å². The van der Waals surface area contributed by atoms with Gasteiger partial charge in [0, 0.05) is 18.9 Å². The van der Waals surface area contributed by atoms with Gasteiger partial charge >= 0.3 is 12.1 Å². The number of alkyl carbamates (subject to hydrolysis) is 1. The maximum atomic E-state index is 13.1. The molecule has 2 aromatic rings. The van der Waals surface area contributed by atoms with Crippen LogP contribution in [0.1, 0.15) is 43.7 Å². The Kier molecular flexibility index (Phi) is 6.88. The van der Waals surface area contributed by atoms with E-state index in [0.717, 1.165) is 27.2 Å². The molecule has 1 aliphatic heterocycles. The molecule has 1 heterocycles. The number of rotatable bonds is 7. The Morgan fingerprint density at radius 2 is 1.65 bits per heavy atom. The van der Waals surface area contributed by atoms with Gasteiger partial charge < -0.3 is 25.2 Å². The first kappa shape index (κ1) is 23.8. The number of benzene rings is 2. The van der Waals surface area contributed by atoms with Gasteiger partial charge in [0.15, 0.2) is 0 Å². The smallest absolute Gasteiger partial charge is 0.407 e. The molecule has 0 radical (unpaired) electrons. The van der Waals surface area contributed by atoms with E-state index in [4.69, 9.17) is 4.74 Å². The zero-order valence-corrected chi connectivity index (χ0v) is 19.3. The van der Waals surface area contributed by atoms with Crippen LogP contribution >= 0.6 is 0 Å². The molecule has 2 amide bonds. The summed E-state index contributed by atoms with van der Waals surface area (Å²) >= 11 is 0. The average Bonchev–Trinajstić information content (AvgIpc) is 3.35. The minimum Gasteiger partial charge on any atom is -0.480 e. The fourth-order valence-corrected chi connectivity index (χ4v) is 4.97. The van der Waals surface area contributed by atoms with Crippen LogP contribution in [0.25, 0.3) is 11.1 Å². The number of amides is 2. The zero-order valence-electron chi connectivity index (χ0n) is 19.3. The molecular formula is C26H30N2O6. The summed E-state index contributed by atoms with van der Waals surface area (Å²) in [4.78, 5) is 38.6. The maximum absolute atomic E-state index is 13.1. The average molecular weight is 467 g/mol. The molecule has 1 aliphatic carbocycles. The van der Waals surface area contributed by atoms with Crippen molar-refractivity contribution in [1.29, 1.82) is 0 Å². The third-order valence-corrected chi connectivity index (χ3v) is 6.49. The van der Waals surface area contributed by atoms with Gasteiger partial charge in [-0.05, 0) is 34.6 Å².